The number of quaternary nitrogens is 1. The topological polar surface area (TPSA) is 3.24 Å². The predicted octanol–water partition coefficient (Wildman–Crippen LogP) is 8.54. The fourth-order valence-corrected chi connectivity index (χ4v) is 5.22. The van der Waals surface area contributed by atoms with Crippen LogP contribution in [0.1, 0.15) is 48.1 Å². The Kier molecular flexibility index (Phi) is 9.65. The van der Waals surface area contributed by atoms with Crippen molar-refractivity contribution in [3.63, 3.8) is 0 Å². The molecule has 0 fully saturated rings. The van der Waals surface area contributed by atoms with Crippen molar-refractivity contribution in [3.8, 4) is 0 Å². The van der Waals surface area contributed by atoms with E-state index in [1.807, 2.05) is 12.1 Å². The Morgan fingerprint density at radius 1 is 0.806 bits per heavy atom. The molecule has 0 saturated carbocycles. The Morgan fingerprint density at radius 3 is 1.92 bits per heavy atom. The lowest BCUT2D eigenvalue weighted by molar-refractivity contribution is -0.937. The van der Waals surface area contributed by atoms with Gasteiger partial charge in [0, 0.05) is 35.2 Å². The van der Waals surface area contributed by atoms with E-state index in [0.717, 1.165) is 59.4 Å². The van der Waals surface area contributed by atoms with Crippen LogP contribution in [0.2, 0.25) is 0 Å². The second-order valence-corrected chi connectivity index (χ2v) is 10.7. The molecule has 0 atom stereocenters. The molecule has 3 aromatic carbocycles. The smallest absolute Gasteiger partial charge is 0.367 e. The highest BCUT2D eigenvalue weighted by Crippen LogP contribution is 2.31. The van der Waals surface area contributed by atoms with Crippen LogP contribution in [0.3, 0.4) is 0 Å². The van der Waals surface area contributed by atoms with Crippen LogP contribution in [-0.2, 0) is 19.3 Å². The van der Waals surface area contributed by atoms with Crippen molar-refractivity contribution in [2.45, 2.75) is 53.4 Å². The maximum atomic E-state index is 13.1. The fraction of sp³-hybridized carbons (Fsp3) is 0.400. The Balaban J connectivity index is 1.77. The van der Waals surface area contributed by atoms with Gasteiger partial charge in [-0.2, -0.15) is 13.2 Å². The lowest BCUT2D eigenvalue weighted by atomic mass is 10.1. The third-order valence-corrected chi connectivity index (χ3v) is 7.58. The van der Waals surface area contributed by atoms with Crippen LogP contribution in [-0.4, -0.2) is 30.7 Å². The van der Waals surface area contributed by atoms with Gasteiger partial charge in [0.2, 0.25) is 0 Å². The zero-order chi connectivity index (χ0) is 26.3. The molecular formula is C30H37BrF3N2+. The van der Waals surface area contributed by atoms with Crippen LogP contribution < -0.4 is 4.90 Å². The fourth-order valence-electron chi connectivity index (χ4n) is 4.96. The average Bonchev–Trinajstić information content (AvgIpc) is 2.83. The van der Waals surface area contributed by atoms with Gasteiger partial charge in [-0.3, -0.25) is 0 Å². The summed E-state index contributed by atoms with van der Waals surface area (Å²) in [7, 11) is 0. The molecule has 0 saturated heterocycles. The van der Waals surface area contributed by atoms with Gasteiger partial charge in [-0.05, 0) is 69.7 Å². The van der Waals surface area contributed by atoms with Gasteiger partial charge in [-0.1, -0.05) is 57.4 Å². The van der Waals surface area contributed by atoms with Crippen LogP contribution >= 0.6 is 15.9 Å². The van der Waals surface area contributed by atoms with Crippen LogP contribution in [0.25, 0.3) is 0 Å². The number of hydrogen-bond donors (Lipinski definition) is 0. The maximum absolute atomic E-state index is 13.1. The quantitative estimate of drug-likeness (QED) is 0.212. The van der Waals surface area contributed by atoms with Gasteiger partial charge in [-0.15, -0.1) is 0 Å². The lowest BCUT2D eigenvalue weighted by Crippen LogP contribution is -2.48. The molecule has 0 amide bonds. The second-order valence-electron chi connectivity index (χ2n) is 9.80. The maximum Gasteiger partial charge on any atom is 0.416 e. The van der Waals surface area contributed by atoms with Crippen molar-refractivity contribution >= 4 is 21.6 Å². The van der Waals surface area contributed by atoms with Crippen LogP contribution in [0.15, 0.2) is 71.2 Å². The second kappa shape index (κ2) is 12.3. The van der Waals surface area contributed by atoms with E-state index in [-0.39, 0.29) is 0 Å². The molecule has 2 nitrogen and oxygen atoms in total. The van der Waals surface area contributed by atoms with E-state index in [9.17, 15) is 13.2 Å². The molecule has 36 heavy (non-hydrogen) atoms. The van der Waals surface area contributed by atoms with Crippen LogP contribution in [0, 0.1) is 13.8 Å². The number of halogens is 4. The number of anilines is 1. The molecule has 0 heterocycles. The molecule has 0 spiro atoms. The molecule has 3 rings (SSSR count). The molecule has 0 aliphatic rings. The normalized spacial score (nSPS) is 12.1. The minimum Gasteiger partial charge on any atom is -0.367 e. The van der Waals surface area contributed by atoms with Gasteiger partial charge in [0.05, 0.1) is 25.2 Å². The minimum absolute atomic E-state index is 0.615. The summed E-state index contributed by atoms with van der Waals surface area (Å²) in [6.07, 6.45) is -3.38. The van der Waals surface area contributed by atoms with Gasteiger partial charge in [0.1, 0.15) is 6.54 Å². The zero-order valence-electron chi connectivity index (χ0n) is 21.7. The average molecular weight is 563 g/mol. The van der Waals surface area contributed by atoms with Crippen molar-refractivity contribution < 1.29 is 17.7 Å². The number of aryl methyl sites for hydroxylation is 2. The van der Waals surface area contributed by atoms with E-state index in [0.29, 0.717) is 6.54 Å². The highest BCUT2D eigenvalue weighted by molar-refractivity contribution is 9.10. The van der Waals surface area contributed by atoms with Crippen molar-refractivity contribution in [2.75, 3.05) is 31.1 Å². The van der Waals surface area contributed by atoms with Gasteiger partial charge in [0.25, 0.3) is 0 Å². The molecule has 194 valence electrons. The lowest BCUT2D eigenvalue weighted by Gasteiger charge is -2.38. The Labute approximate surface area is 222 Å². The SMILES string of the molecule is CC[N+](CC)(CCCN(Cc1ccc(Br)cc1)c1ccc(C(F)(F)F)cc1)Cc1cc(C)cc(C)c1. The largest absolute Gasteiger partial charge is 0.416 e. The van der Waals surface area contributed by atoms with E-state index in [1.54, 1.807) is 12.1 Å². The highest BCUT2D eigenvalue weighted by atomic mass is 79.9. The van der Waals surface area contributed by atoms with E-state index >= 15 is 0 Å². The number of benzene rings is 3. The summed E-state index contributed by atoms with van der Waals surface area (Å²) >= 11 is 3.48. The summed E-state index contributed by atoms with van der Waals surface area (Å²) in [5.41, 5.74) is 5.27. The highest BCUT2D eigenvalue weighted by Gasteiger charge is 2.30. The minimum atomic E-state index is -4.33. The summed E-state index contributed by atoms with van der Waals surface area (Å²) in [5, 5.41) is 0. The molecule has 6 heteroatoms. The van der Waals surface area contributed by atoms with Crippen molar-refractivity contribution in [1.29, 1.82) is 0 Å². The molecule has 0 N–H and O–H groups in total. The van der Waals surface area contributed by atoms with Gasteiger partial charge in [-0.25, -0.2) is 0 Å². The first-order chi connectivity index (χ1) is 17.0. The number of nitrogens with zero attached hydrogens (tertiary/aromatic N) is 2. The number of alkyl halides is 3. The Bertz CT molecular complexity index is 1080. The zero-order valence-corrected chi connectivity index (χ0v) is 23.3. The number of hydrogen-bond acceptors (Lipinski definition) is 1. The third-order valence-electron chi connectivity index (χ3n) is 7.05. The van der Waals surface area contributed by atoms with Gasteiger partial charge >= 0.3 is 6.18 Å². The van der Waals surface area contributed by atoms with Gasteiger partial charge in [0.15, 0.2) is 0 Å². The van der Waals surface area contributed by atoms with E-state index < -0.39 is 11.7 Å². The van der Waals surface area contributed by atoms with Crippen molar-refractivity contribution in [1.82, 2.24) is 0 Å². The molecule has 0 aromatic heterocycles. The summed E-state index contributed by atoms with van der Waals surface area (Å²) in [6.45, 7) is 14.3. The van der Waals surface area contributed by atoms with E-state index in [1.165, 1.54) is 28.8 Å². The molecule has 0 aliphatic heterocycles. The predicted molar refractivity (Wildman–Crippen MR) is 147 cm³/mol. The molecule has 0 aliphatic carbocycles. The summed E-state index contributed by atoms with van der Waals surface area (Å²) < 4.78 is 41.4. The molecular weight excluding hydrogens is 525 g/mol. The summed E-state index contributed by atoms with van der Waals surface area (Å²) in [4.78, 5) is 2.19. The first kappa shape index (κ1) is 28.3. The first-order valence-corrected chi connectivity index (χ1v) is 13.4. The molecule has 0 radical (unpaired) electrons. The van der Waals surface area contributed by atoms with E-state index in [2.05, 4.69) is 78.9 Å². The standard InChI is InChI=1S/C30H37BrF3N2/c1-5-36(6-2,22-26-19-23(3)18-24(4)20-26)17-7-16-35(21-25-8-12-28(31)13-9-25)29-14-10-27(11-15-29)30(32,33)34/h8-15,18-20H,5-7,16-17,21-22H2,1-4H3/q+1. The van der Waals surface area contributed by atoms with Crippen LogP contribution in [0.5, 0.6) is 0 Å². The third kappa shape index (κ3) is 7.84. The Hall–Kier alpha value is -2.31. The van der Waals surface area contributed by atoms with Crippen molar-refractivity contribution in [3.05, 3.63) is 99.0 Å². The number of rotatable bonds is 11. The van der Waals surface area contributed by atoms with Crippen molar-refractivity contribution in [2.24, 2.45) is 0 Å². The molecule has 0 bridgehead atoms. The Morgan fingerprint density at radius 2 is 1.39 bits per heavy atom. The monoisotopic (exact) mass is 561 g/mol. The summed E-state index contributed by atoms with van der Waals surface area (Å²) in [5.74, 6) is 0. The van der Waals surface area contributed by atoms with Crippen LogP contribution in [0.4, 0.5) is 18.9 Å². The van der Waals surface area contributed by atoms with E-state index in [4.69, 9.17) is 0 Å². The summed E-state index contributed by atoms with van der Waals surface area (Å²) in [6, 6.07) is 20.4. The molecule has 0 unspecified atom stereocenters. The first-order valence-electron chi connectivity index (χ1n) is 12.6. The van der Waals surface area contributed by atoms with Gasteiger partial charge < -0.3 is 9.38 Å². The molecule has 3 aromatic rings.